The van der Waals surface area contributed by atoms with Crippen molar-refractivity contribution in [2.45, 2.75) is 51.7 Å². The topological polar surface area (TPSA) is 278 Å². The number of amides is 1. The van der Waals surface area contributed by atoms with Crippen LogP contribution < -0.4 is 21.4 Å². The molecule has 0 aliphatic heterocycles. The second-order valence-corrected chi connectivity index (χ2v) is 19.5. The van der Waals surface area contributed by atoms with Crippen molar-refractivity contribution in [2.24, 2.45) is 5.73 Å². The number of nitrogens with one attached hydrogen (secondary N) is 1. The lowest BCUT2D eigenvalue weighted by Crippen LogP contribution is -2.67. The minimum atomic E-state index is -3.16. The number of aliphatic hydroxyl groups is 1. The van der Waals surface area contributed by atoms with Crippen molar-refractivity contribution < 1.29 is 50.7 Å². The van der Waals surface area contributed by atoms with E-state index in [9.17, 15) is 19.8 Å². The first-order chi connectivity index (χ1) is 29.7. The zero-order valence-electron chi connectivity index (χ0n) is 34.0. The second-order valence-electron chi connectivity index (χ2n) is 15.2. The normalized spacial score (nSPS) is 13.0. The van der Waals surface area contributed by atoms with Crippen molar-refractivity contribution in [3.63, 3.8) is 0 Å². The molecule has 0 aliphatic rings. The number of aromatic carboxylic acids is 1. The monoisotopic (exact) mass is 860 g/mol. The molecule has 0 bridgehead atoms. The Bertz CT molecular complexity index is 2790. The van der Waals surface area contributed by atoms with Crippen LogP contribution >= 0.6 is 0 Å². The summed E-state index contributed by atoms with van der Waals surface area (Å²) in [6.07, 6.45) is 4.75. The summed E-state index contributed by atoms with van der Waals surface area (Å²) in [5.41, 5.74) is 6.20. The Morgan fingerprint density at radius 2 is 1.27 bits per heavy atom. The van der Waals surface area contributed by atoms with Crippen molar-refractivity contribution in [1.29, 1.82) is 0 Å². The number of aliphatic hydroxyl groups excluding tert-OH is 1. The first kappa shape index (κ1) is 41.5. The molecule has 1 amide bonds. The fourth-order valence-corrected chi connectivity index (χ4v) is 11.5. The first-order valence-electron chi connectivity index (χ1n) is 19.2. The molecule has 62 heavy (non-hydrogen) atoms. The number of benzene rings is 2. The Kier molecular flexibility index (Phi) is 11.1. The number of nitrogens with two attached hydrogens (primary N) is 1. The number of oxazole rings is 6. The van der Waals surface area contributed by atoms with E-state index in [0.717, 1.165) is 16.6 Å². The fourth-order valence-electron chi connectivity index (χ4n) is 6.94. The molecular formula is C42H40N8O11Si. The number of nitrogens with zero attached hydrogens (tertiary/aromatic N) is 6. The molecule has 0 fully saturated rings. The van der Waals surface area contributed by atoms with Gasteiger partial charge in [-0.1, -0.05) is 81.4 Å². The van der Waals surface area contributed by atoms with E-state index < -0.39 is 37.3 Å². The van der Waals surface area contributed by atoms with E-state index in [2.05, 4.69) is 75.3 Å². The highest BCUT2D eigenvalue weighted by molar-refractivity contribution is 6.99. The number of hydrogen-bond acceptors (Lipinski definition) is 17. The third kappa shape index (κ3) is 7.89. The summed E-state index contributed by atoms with van der Waals surface area (Å²) in [6.45, 7) is 9.22. The predicted octanol–water partition coefficient (Wildman–Crippen LogP) is 5.64. The quantitative estimate of drug-likeness (QED) is 0.0908. The summed E-state index contributed by atoms with van der Waals surface area (Å²) in [6, 6.07) is 18.2. The molecule has 5 N–H and O–H groups in total. The Morgan fingerprint density at radius 3 is 1.92 bits per heavy atom. The SMILES string of the molecule is Cc1oc(-c2nc([C@H](CO[Si](c3ccccc3)(c3ccccc3)C(C)(C)C)NC(=O)c3coc(-c4coc(-c5coc([C@@H](N)CO)n5)n4)n3)oc2C)nc1-c1nc(C(=O)O)co1. The first-order valence-corrected chi connectivity index (χ1v) is 21.1. The Labute approximate surface area is 353 Å². The highest BCUT2D eigenvalue weighted by Gasteiger charge is 2.50. The standard InChI is InChI=1S/C42H40N8O11Si/c1-22-32(39-48-31(20-58-39)41(53)54)50-40(61-22)33-23(2)60-38(49-33)30(21-59-62(42(3,4)5,24-12-8-6-9-13-24)25-14-10-7-11-15-25)44-34(52)27-17-56-36(45-27)29-19-57-37(47-29)28-18-55-35(46-28)26(43)16-51/h6-15,17-20,26,30,51H,16,21,43H2,1-5H3,(H,44,52)(H,53,54)/t26-,30-/m0/s1. The van der Waals surface area contributed by atoms with Gasteiger partial charge in [0.25, 0.3) is 14.2 Å². The van der Waals surface area contributed by atoms with Crippen LogP contribution in [0.25, 0.3) is 46.3 Å². The number of aryl methyl sites for hydroxylation is 2. The maximum absolute atomic E-state index is 14.1. The van der Waals surface area contributed by atoms with E-state index in [1.807, 2.05) is 36.4 Å². The predicted molar refractivity (Wildman–Crippen MR) is 219 cm³/mol. The molecule has 8 aromatic rings. The van der Waals surface area contributed by atoms with Crippen LogP contribution in [-0.2, 0) is 4.43 Å². The highest BCUT2D eigenvalue weighted by Crippen LogP contribution is 2.38. The summed E-state index contributed by atoms with van der Waals surface area (Å²) in [5.74, 6) is -1.10. The average molecular weight is 861 g/mol. The maximum atomic E-state index is 14.1. The molecule has 20 heteroatoms. The van der Waals surface area contributed by atoms with Crippen molar-refractivity contribution >= 4 is 30.6 Å². The molecule has 0 saturated heterocycles. The van der Waals surface area contributed by atoms with Crippen LogP contribution in [-0.4, -0.2) is 73.5 Å². The number of carboxylic acid groups (broad SMARTS) is 1. The molecule has 6 heterocycles. The van der Waals surface area contributed by atoms with E-state index in [0.29, 0.717) is 11.5 Å². The zero-order valence-corrected chi connectivity index (χ0v) is 35.0. The van der Waals surface area contributed by atoms with Gasteiger partial charge >= 0.3 is 5.97 Å². The number of carboxylic acids is 1. The maximum Gasteiger partial charge on any atom is 0.357 e. The molecule has 0 saturated carbocycles. The van der Waals surface area contributed by atoms with Crippen molar-refractivity contribution in [2.75, 3.05) is 13.2 Å². The van der Waals surface area contributed by atoms with Gasteiger partial charge < -0.3 is 52.2 Å². The van der Waals surface area contributed by atoms with Gasteiger partial charge in [-0.2, -0.15) is 0 Å². The summed E-state index contributed by atoms with van der Waals surface area (Å²) in [5, 5.41) is 23.3. The number of carbonyl (C=O) groups is 2. The molecule has 0 unspecified atom stereocenters. The van der Waals surface area contributed by atoms with Gasteiger partial charge in [0.15, 0.2) is 34.2 Å². The third-order valence-corrected chi connectivity index (χ3v) is 14.9. The smallest absolute Gasteiger partial charge is 0.357 e. The molecule has 2 aromatic carbocycles. The van der Waals surface area contributed by atoms with Gasteiger partial charge in [-0.25, -0.2) is 34.7 Å². The van der Waals surface area contributed by atoms with E-state index in [4.69, 9.17) is 41.6 Å². The van der Waals surface area contributed by atoms with Crippen LogP contribution in [0, 0.1) is 13.8 Å². The van der Waals surface area contributed by atoms with Gasteiger partial charge in [0.2, 0.25) is 35.3 Å². The fraction of sp³-hybridized carbons (Fsp3) is 0.238. The van der Waals surface area contributed by atoms with Crippen LogP contribution in [0.15, 0.2) is 112 Å². The highest BCUT2D eigenvalue weighted by atomic mass is 28.4. The second kappa shape index (κ2) is 16.7. The largest absolute Gasteiger partial charge is 0.476 e. The van der Waals surface area contributed by atoms with Crippen molar-refractivity contribution in [3.05, 3.63) is 120 Å². The lowest BCUT2D eigenvalue weighted by atomic mass is 10.2. The Morgan fingerprint density at radius 1 is 0.710 bits per heavy atom. The van der Waals surface area contributed by atoms with Crippen LogP contribution in [0.4, 0.5) is 0 Å². The number of aromatic nitrogens is 6. The number of carbonyl (C=O) groups excluding carboxylic acids is 1. The van der Waals surface area contributed by atoms with E-state index >= 15 is 0 Å². The summed E-state index contributed by atoms with van der Waals surface area (Å²) in [7, 11) is -3.16. The van der Waals surface area contributed by atoms with Crippen LogP contribution in [0.1, 0.15) is 77.1 Å². The van der Waals surface area contributed by atoms with Gasteiger partial charge in [-0.15, -0.1) is 0 Å². The molecule has 0 aliphatic carbocycles. The van der Waals surface area contributed by atoms with E-state index in [1.165, 1.54) is 18.8 Å². The minimum Gasteiger partial charge on any atom is -0.476 e. The van der Waals surface area contributed by atoms with Crippen molar-refractivity contribution in [1.82, 2.24) is 35.2 Å². The van der Waals surface area contributed by atoms with Gasteiger partial charge in [-0.05, 0) is 29.3 Å². The molecule has 2 atom stereocenters. The van der Waals surface area contributed by atoms with Crippen LogP contribution in [0.2, 0.25) is 5.04 Å². The van der Waals surface area contributed by atoms with Gasteiger partial charge in [0.05, 0.1) is 13.2 Å². The molecule has 318 valence electrons. The van der Waals surface area contributed by atoms with Crippen LogP contribution in [0.3, 0.4) is 0 Å². The molecule has 19 nitrogen and oxygen atoms in total. The lowest BCUT2D eigenvalue weighted by molar-refractivity contribution is 0.0690. The van der Waals surface area contributed by atoms with Crippen molar-refractivity contribution in [3.8, 4) is 46.3 Å². The minimum absolute atomic E-state index is 0.0214. The lowest BCUT2D eigenvalue weighted by Gasteiger charge is -2.43. The zero-order chi connectivity index (χ0) is 43.8. The molecule has 6 aromatic heterocycles. The molecular weight excluding hydrogens is 821 g/mol. The summed E-state index contributed by atoms with van der Waals surface area (Å²) >= 11 is 0. The van der Waals surface area contributed by atoms with E-state index in [1.54, 1.807) is 13.8 Å². The van der Waals surface area contributed by atoms with Gasteiger partial charge in [-0.3, -0.25) is 4.79 Å². The molecule has 0 spiro atoms. The van der Waals surface area contributed by atoms with Gasteiger partial charge in [0.1, 0.15) is 48.7 Å². The average Bonchev–Trinajstić information content (AvgIpc) is 4.12. The molecule has 0 radical (unpaired) electrons. The summed E-state index contributed by atoms with van der Waals surface area (Å²) in [4.78, 5) is 51.8. The Balaban J connectivity index is 1.13. The van der Waals surface area contributed by atoms with E-state index in [-0.39, 0.29) is 82.7 Å². The molecule has 8 rings (SSSR count). The van der Waals surface area contributed by atoms with Crippen LogP contribution in [0.5, 0.6) is 0 Å². The Hall–Kier alpha value is -7.26. The van der Waals surface area contributed by atoms with Gasteiger partial charge in [0, 0.05) is 0 Å². The summed E-state index contributed by atoms with van der Waals surface area (Å²) < 4.78 is 41.4. The number of hydrogen-bond donors (Lipinski definition) is 4. The third-order valence-electron chi connectivity index (χ3n) is 9.94. The number of rotatable bonds is 15.